The maximum atomic E-state index is 11.2. The summed E-state index contributed by atoms with van der Waals surface area (Å²) < 4.78 is 24.9. The lowest BCUT2D eigenvalue weighted by Gasteiger charge is -2.26. The zero-order valence-corrected chi connectivity index (χ0v) is 11.9. The number of nitrogen functional groups attached to an aromatic ring is 1. The van der Waals surface area contributed by atoms with E-state index in [1.165, 1.54) is 0 Å². The van der Waals surface area contributed by atoms with E-state index in [1.54, 1.807) is 20.0 Å². The molecule has 0 aliphatic rings. The molecule has 18 heavy (non-hydrogen) atoms. The van der Waals surface area contributed by atoms with Gasteiger partial charge in [-0.2, -0.15) is 0 Å². The van der Waals surface area contributed by atoms with E-state index in [-0.39, 0.29) is 0 Å². The Morgan fingerprint density at radius 1 is 1.44 bits per heavy atom. The van der Waals surface area contributed by atoms with E-state index in [1.807, 2.05) is 13.0 Å². The van der Waals surface area contributed by atoms with Crippen LogP contribution in [0.5, 0.6) is 0 Å². The molecule has 4 N–H and O–H groups in total. The number of anilines is 2. The fraction of sp³-hybridized carbons (Fsp3) is 0.545. The first-order valence-corrected chi connectivity index (χ1v) is 7.44. The molecule has 0 unspecified atom stereocenters. The van der Waals surface area contributed by atoms with Gasteiger partial charge in [-0.1, -0.05) is 0 Å². The monoisotopic (exact) mass is 272 g/mol. The third-order valence-electron chi connectivity index (χ3n) is 2.37. The molecule has 1 aromatic rings. The van der Waals surface area contributed by atoms with E-state index < -0.39 is 15.6 Å². The van der Waals surface area contributed by atoms with Gasteiger partial charge in [0.15, 0.2) is 0 Å². The minimum absolute atomic E-state index is 0.390. The second-order valence-electron chi connectivity index (χ2n) is 5.00. The van der Waals surface area contributed by atoms with Crippen molar-refractivity contribution >= 4 is 21.5 Å². The van der Waals surface area contributed by atoms with Gasteiger partial charge in [0.2, 0.25) is 10.0 Å². The Labute approximate surface area is 108 Å². The lowest BCUT2D eigenvalue weighted by Crippen LogP contribution is -2.47. The molecule has 0 amide bonds. The molecule has 0 fully saturated rings. The Morgan fingerprint density at radius 3 is 2.61 bits per heavy atom. The van der Waals surface area contributed by atoms with E-state index in [2.05, 4.69) is 15.0 Å². The van der Waals surface area contributed by atoms with Crippen molar-refractivity contribution < 1.29 is 8.42 Å². The minimum Gasteiger partial charge on any atom is -0.396 e. The molecular weight excluding hydrogens is 252 g/mol. The normalized spacial score (nSPS) is 12.4. The summed E-state index contributed by atoms with van der Waals surface area (Å²) in [6, 6.07) is 1.82. The number of aromatic nitrogens is 1. The molecule has 0 aromatic carbocycles. The van der Waals surface area contributed by atoms with Crippen LogP contribution in [0.25, 0.3) is 0 Å². The van der Waals surface area contributed by atoms with E-state index >= 15 is 0 Å². The molecule has 0 aliphatic carbocycles. The van der Waals surface area contributed by atoms with Gasteiger partial charge in [-0.3, -0.25) is 0 Å². The lowest BCUT2D eigenvalue weighted by molar-refractivity contribution is 0.476. The van der Waals surface area contributed by atoms with Gasteiger partial charge < -0.3 is 11.1 Å². The van der Waals surface area contributed by atoms with Crippen LogP contribution in [-0.2, 0) is 10.0 Å². The van der Waals surface area contributed by atoms with Crippen LogP contribution in [0.1, 0.15) is 19.4 Å². The van der Waals surface area contributed by atoms with Gasteiger partial charge in [0.1, 0.15) is 5.82 Å². The van der Waals surface area contributed by atoms with Crippen LogP contribution in [0.4, 0.5) is 11.5 Å². The average Bonchev–Trinajstić information content (AvgIpc) is 2.17. The van der Waals surface area contributed by atoms with Crippen molar-refractivity contribution in [2.45, 2.75) is 26.3 Å². The van der Waals surface area contributed by atoms with E-state index in [0.717, 1.165) is 11.8 Å². The summed E-state index contributed by atoms with van der Waals surface area (Å²) >= 11 is 0. The highest BCUT2D eigenvalue weighted by Gasteiger charge is 2.22. The van der Waals surface area contributed by atoms with Crippen molar-refractivity contribution in [3.05, 3.63) is 17.8 Å². The Morgan fingerprint density at radius 2 is 2.06 bits per heavy atom. The largest absolute Gasteiger partial charge is 0.396 e. The zero-order chi connectivity index (χ0) is 14.0. The van der Waals surface area contributed by atoms with Crippen molar-refractivity contribution in [2.75, 3.05) is 23.9 Å². The minimum atomic E-state index is -3.25. The SMILES string of the molecule is Cc1ccnc(NCC(C)(C)NS(C)(=O)=O)c1N. The Bertz CT molecular complexity index is 526. The summed E-state index contributed by atoms with van der Waals surface area (Å²) in [4.78, 5) is 4.13. The highest BCUT2D eigenvalue weighted by atomic mass is 32.2. The fourth-order valence-electron chi connectivity index (χ4n) is 1.55. The molecule has 1 heterocycles. The number of nitrogens with two attached hydrogens (primary N) is 1. The molecular formula is C11H20N4O2S. The Hall–Kier alpha value is -1.34. The van der Waals surface area contributed by atoms with Crippen molar-refractivity contribution in [1.82, 2.24) is 9.71 Å². The third kappa shape index (κ3) is 4.50. The highest BCUT2D eigenvalue weighted by molar-refractivity contribution is 7.88. The van der Waals surface area contributed by atoms with Gasteiger partial charge in [-0.05, 0) is 32.4 Å². The second-order valence-corrected chi connectivity index (χ2v) is 6.75. The van der Waals surface area contributed by atoms with Gasteiger partial charge in [0.05, 0.1) is 11.9 Å². The summed E-state index contributed by atoms with van der Waals surface area (Å²) in [5.41, 5.74) is 6.76. The molecule has 0 radical (unpaired) electrons. The quantitative estimate of drug-likeness (QED) is 0.733. The molecule has 0 saturated carbocycles. The Balaban J connectivity index is 2.73. The van der Waals surface area contributed by atoms with Gasteiger partial charge >= 0.3 is 0 Å². The van der Waals surface area contributed by atoms with Crippen molar-refractivity contribution in [1.29, 1.82) is 0 Å². The number of sulfonamides is 1. The smallest absolute Gasteiger partial charge is 0.209 e. The molecule has 0 saturated heterocycles. The first-order valence-electron chi connectivity index (χ1n) is 5.55. The van der Waals surface area contributed by atoms with Gasteiger partial charge in [-0.25, -0.2) is 18.1 Å². The predicted molar refractivity (Wildman–Crippen MR) is 73.9 cm³/mol. The molecule has 1 rings (SSSR count). The number of hydrogen-bond acceptors (Lipinski definition) is 5. The molecule has 6 nitrogen and oxygen atoms in total. The summed E-state index contributed by atoms with van der Waals surface area (Å²) in [5, 5.41) is 3.05. The number of nitrogens with zero attached hydrogens (tertiary/aromatic N) is 1. The molecule has 0 bridgehead atoms. The van der Waals surface area contributed by atoms with Crippen LogP contribution in [-0.4, -0.2) is 31.7 Å². The highest BCUT2D eigenvalue weighted by Crippen LogP contribution is 2.19. The standard InChI is InChI=1S/C11H20N4O2S/c1-8-5-6-13-10(9(8)12)14-7-11(2,3)15-18(4,16)17/h5-6,15H,7,12H2,1-4H3,(H,13,14). The van der Waals surface area contributed by atoms with Crippen LogP contribution in [0, 0.1) is 6.92 Å². The predicted octanol–water partition coefficient (Wildman–Crippen LogP) is 0.712. The number of aryl methyl sites for hydroxylation is 1. The molecule has 7 heteroatoms. The average molecular weight is 272 g/mol. The van der Waals surface area contributed by atoms with Crippen LogP contribution >= 0.6 is 0 Å². The molecule has 0 aliphatic heterocycles. The Kier molecular flexibility index (Phi) is 4.18. The first kappa shape index (κ1) is 14.7. The zero-order valence-electron chi connectivity index (χ0n) is 11.1. The molecule has 102 valence electrons. The number of rotatable bonds is 5. The topological polar surface area (TPSA) is 97.1 Å². The number of pyridine rings is 1. The van der Waals surface area contributed by atoms with E-state index in [0.29, 0.717) is 18.1 Å². The van der Waals surface area contributed by atoms with Crippen molar-refractivity contribution in [2.24, 2.45) is 0 Å². The molecule has 0 atom stereocenters. The molecule has 0 spiro atoms. The maximum Gasteiger partial charge on any atom is 0.209 e. The van der Waals surface area contributed by atoms with Crippen LogP contribution < -0.4 is 15.8 Å². The van der Waals surface area contributed by atoms with Crippen molar-refractivity contribution in [3.8, 4) is 0 Å². The van der Waals surface area contributed by atoms with Crippen molar-refractivity contribution in [3.63, 3.8) is 0 Å². The summed E-state index contributed by atoms with van der Waals surface area (Å²) in [5.74, 6) is 0.568. The van der Waals surface area contributed by atoms with Gasteiger partial charge in [0, 0.05) is 18.3 Å². The third-order valence-corrected chi connectivity index (χ3v) is 3.29. The number of nitrogens with one attached hydrogen (secondary N) is 2. The lowest BCUT2D eigenvalue weighted by atomic mass is 10.1. The van der Waals surface area contributed by atoms with E-state index in [4.69, 9.17) is 5.73 Å². The first-order chi connectivity index (χ1) is 8.11. The van der Waals surface area contributed by atoms with Crippen LogP contribution in [0.2, 0.25) is 0 Å². The summed E-state index contributed by atoms with van der Waals surface area (Å²) in [7, 11) is -3.25. The van der Waals surface area contributed by atoms with Gasteiger partial charge in [0.25, 0.3) is 0 Å². The molecule has 1 aromatic heterocycles. The van der Waals surface area contributed by atoms with Crippen LogP contribution in [0.3, 0.4) is 0 Å². The maximum absolute atomic E-state index is 11.2. The second kappa shape index (κ2) is 5.11. The van der Waals surface area contributed by atoms with E-state index in [9.17, 15) is 8.42 Å². The van der Waals surface area contributed by atoms with Crippen LogP contribution in [0.15, 0.2) is 12.3 Å². The number of hydrogen-bond donors (Lipinski definition) is 3. The summed E-state index contributed by atoms with van der Waals surface area (Å²) in [6.07, 6.45) is 2.79. The van der Waals surface area contributed by atoms with Gasteiger partial charge in [-0.15, -0.1) is 0 Å². The fourth-order valence-corrected chi connectivity index (χ4v) is 2.63. The summed E-state index contributed by atoms with van der Waals surface area (Å²) in [6.45, 7) is 5.85.